The van der Waals surface area contributed by atoms with Crippen LogP contribution in [0.2, 0.25) is 0 Å². The van der Waals surface area contributed by atoms with Crippen molar-refractivity contribution in [1.29, 1.82) is 5.26 Å². The highest BCUT2D eigenvalue weighted by Crippen LogP contribution is 2.34. The van der Waals surface area contributed by atoms with Gasteiger partial charge in [-0.2, -0.15) is 5.26 Å². The first-order valence-electron chi connectivity index (χ1n) is 3.74. The Hall–Kier alpha value is -0.710. The summed E-state index contributed by atoms with van der Waals surface area (Å²) in [6.07, 6.45) is 3.34. The summed E-state index contributed by atoms with van der Waals surface area (Å²) in [4.78, 5) is 1.86. The van der Waals surface area contributed by atoms with E-state index in [0.29, 0.717) is 11.5 Å². The molecule has 56 valence electrons. The molecule has 1 aliphatic heterocycles. The average molecular weight is 138 g/mol. The minimum atomic E-state index is 0.329. The molecule has 1 aliphatic rings. The van der Waals surface area contributed by atoms with E-state index < -0.39 is 0 Å². The van der Waals surface area contributed by atoms with Gasteiger partial charge in [-0.15, -0.1) is 0 Å². The summed E-state index contributed by atoms with van der Waals surface area (Å²) in [6.45, 7) is 7.49. The average Bonchev–Trinajstić information content (AvgIpc) is 2.10. The second-order valence-electron chi connectivity index (χ2n) is 3.71. The molecule has 0 radical (unpaired) electrons. The molecule has 0 spiro atoms. The van der Waals surface area contributed by atoms with Gasteiger partial charge in [-0.05, 0) is 18.8 Å². The van der Waals surface area contributed by atoms with E-state index in [1.54, 1.807) is 0 Å². The van der Waals surface area contributed by atoms with Gasteiger partial charge in [0.25, 0.3) is 0 Å². The van der Waals surface area contributed by atoms with Gasteiger partial charge in [-0.1, -0.05) is 13.8 Å². The number of nitrogens with zero attached hydrogens (tertiary/aromatic N) is 2. The minimum Gasteiger partial charge on any atom is -0.307 e. The highest BCUT2D eigenvalue weighted by atomic mass is 15.2. The van der Waals surface area contributed by atoms with Gasteiger partial charge in [-0.25, -0.2) is 0 Å². The predicted octanol–water partition coefficient (Wildman–Crippen LogP) is 1.59. The Balaban J connectivity index is 2.69. The van der Waals surface area contributed by atoms with E-state index in [4.69, 9.17) is 5.26 Å². The molecule has 0 N–H and O–H groups in total. The lowest BCUT2D eigenvalue weighted by molar-refractivity contribution is 0.259. The molecule has 0 aromatic rings. The van der Waals surface area contributed by atoms with Crippen LogP contribution in [0.15, 0.2) is 0 Å². The molecule has 1 atom stereocenters. The Kier molecular flexibility index (Phi) is 1.60. The second-order valence-corrected chi connectivity index (χ2v) is 3.71. The summed E-state index contributed by atoms with van der Waals surface area (Å²) in [5, 5.41) is 8.64. The van der Waals surface area contributed by atoms with Gasteiger partial charge in [0.15, 0.2) is 6.19 Å². The molecule has 2 nitrogen and oxygen atoms in total. The third-order valence-corrected chi connectivity index (χ3v) is 2.72. The van der Waals surface area contributed by atoms with E-state index in [-0.39, 0.29) is 0 Å². The summed E-state index contributed by atoms with van der Waals surface area (Å²) >= 11 is 0. The SMILES string of the molecule is C[C@H]1N(C#N)CCC1(C)C. The molecule has 0 unspecified atom stereocenters. The smallest absolute Gasteiger partial charge is 0.179 e. The third kappa shape index (κ3) is 0.965. The van der Waals surface area contributed by atoms with Gasteiger partial charge in [-0.3, -0.25) is 0 Å². The maximum Gasteiger partial charge on any atom is 0.179 e. The van der Waals surface area contributed by atoms with Crippen LogP contribution in [-0.4, -0.2) is 17.5 Å². The van der Waals surface area contributed by atoms with E-state index in [1.165, 1.54) is 0 Å². The van der Waals surface area contributed by atoms with Crippen molar-refractivity contribution in [2.24, 2.45) is 5.41 Å². The van der Waals surface area contributed by atoms with Crippen molar-refractivity contribution in [1.82, 2.24) is 4.90 Å². The van der Waals surface area contributed by atoms with Gasteiger partial charge >= 0.3 is 0 Å². The van der Waals surface area contributed by atoms with Crippen molar-refractivity contribution in [2.75, 3.05) is 6.54 Å². The Morgan fingerprint density at radius 1 is 1.60 bits per heavy atom. The molecule has 2 heteroatoms. The standard InChI is InChI=1S/C8H14N2/c1-7-8(2,3)4-5-10(7)6-9/h7H,4-5H2,1-3H3/t7-/m1/s1. The molecule has 0 amide bonds. The lowest BCUT2D eigenvalue weighted by Crippen LogP contribution is -2.30. The fraction of sp³-hybridized carbons (Fsp3) is 0.875. The Bertz CT molecular complexity index is 167. The van der Waals surface area contributed by atoms with Crippen molar-refractivity contribution in [2.45, 2.75) is 33.2 Å². The van der Waals surface area contributed by atoms with Crippen LogP contribution < -0.4 is 0 Å². The van der Waals surface area contributed by atoms with Crippen molar-refractivity contribution < 1.29 is 0 Å². The van der Waals surface area contributed by atoms with Crippen LogP contribution in [0.25, 0.3) is 0 Å². The molecule has 0 bridgehead atoms. The molecule has 10 heavy (non-hydrogen) atoms. The summed E-state index contributed by atoms with van der Waals surface area (Å²) < 4.78 is 0. The first-order valence-corrected chi connectivity index (χ1v) is 3.74. The Morgan fingerprint density at radius 2 is 2.20 bits per heavy atom. The summed E-state index contributed by atoms with van der Waals surface area (Å²) in [6, 6.07) is 0.414. The zero-order chi connectivity index (χ0) is 7.78. The normalized spacial score (nSPS) is 30.2. The van der Waals surface area contributed by atoms with Gasteiger partial charge in [0.05, 0.1) is 0 Å². The first kappa shape index (κ1) is 7.40. The van der Waals surface area contributed by atoms with Crippen molar-refractivity contribution in [3.05, 3.63) is 0 Å². The van der Waals surface area contributed by atoms with E-state index in [2.05, 4.69) is 27.0 Å². The van der Waals surface area contributed by atoms with Crippen LogP contribution >= 0.6 is 0 Å². The van der Waals surface area contributed by atoms with Crippen LogP contribution in [0.4, 0.5) is 0 Å². The maximum atomic E-state index is 8.64. The lowest BCUT2D eigenvalue weighted by atomic mass is 9.86. The molecular weight excluding hydrogens is 124 g/mol. The van der Waals surface area contributed by atoms with Gasteiger partial charge in [0.2, 0.25) is 0 Å². The lowest BCUT2D eigenvalue weighted by Gasteiger charge is -2.25. The molecule has 0 aromatic carbocycles. The maximum absolute atomic E-state index is 8.64. The topological polar surface area (TPSA) is 27.0 Å². The summed E-state index contributed by atoms with van der Waals surface area (Å²) in [5.41, 5.74) is 0.329. The Labute approximate surface area is 62.4 Å². The molecule has 1 fully saturated rings. The minimum absolute atomic E-state index is 0.329. The van der Waals surface area contributed by atoms with E-state index in [0.717, 1.165) is 13.0 Å². The second kappa shape index (κ2) is 2.16. The zero-order valence-electron chi connectivity index (χ0n) is 6.89. The summed E-state index contributed by atoms with van der Waals surface area (Å²) in [7, 11) is 0. The number of hydrogen-bond donors (Lipinski definition) is 0. The molecule has 1 saturated heterocycles. The van der Waals surface area contributed by atoms with Crippen molar-refractivity contribution in [3.8, 4) is 6.19 Å². The number of likely N-dealkylation sites (tertiary alicyclic amines) is 1. The van der Waals surface area contributed by atoms with Gasteiger partial charge in [0.1, 0.15) is 0 Å². The molecule has 0 saturated carbocycles. The predicted molar refractivity (Wildman–Crippen MR) is 40.2 cm³/mol. The molecule has 1 rings (SSSR count). The van der Waals surface area contributed by atoms with Crippen LogP contribution in [0.3, 0.4) is 0 Å². The van der Waals surface area contributed by atoms with Crippen LogP contribution in [0.5, 0.6) is 0 Å². The van der Waals surface area contributed by atoms with Crippen LogP contribution in [0, 0.1) is 16.9 Å². The van der Waals surface area contributed by atoms with Crippen molar-refractivity contribution >= 4 is 0 Å². The largest absolute Gasteiger partial charge is 0.307 e. The van der Waals surface area contributed by atoms with Gasteiger partial charge in [0, 0.05) is 12.6 Å². The van der Waals surface area contributed by atoms with Crippen LogP contribution in [-0.2, 0) is 0 Å². The van der Waals surface area contributed by atoms with Crippen LogP contribution in [0.1, 0.15) is 27.2 Å². The first-order chi connectivity index (χ1) is 4.58. The van der Waals surface area contributed by atoms with E-state index in [9.17, 15) is 0 Å². The summed E-state index contributed by atoms with van der Waals surface area (Å²) in [5.74, 6) is 0. The molecule has 0 aliphatic carbocycles. The number of nitriles is 1. The van der Waals surface area contributed by atoms with Crippen molar-refractivity contribution in [3.63, 3.8) is 0 Å². The highest BCUT2D eigenvalue weighted by molar-refractivity contribution is 4.95. The molecule has 1 heterocycles. The molecule has 0 aromatic heterocycles. The monoisotopic (exact) mass is 138 g/mol. The fourth-order valence-corrected chi connectivity index (χ4v) is 1.37. The highest BCUT2D eigenvalue weighted by Gasteiger charge is 2.36. The van der Waals surface area contributed by atoms with E-state index >= 15 is 0 Å². The number of rotatable bonds is 0. The third-order valence-electron chi connectivity index (χ3n) is 2.72. The van der Waals surface area contributed by atoms with Gasteiger partial charge < -0.3 is 4.90 Å². The zero-order valence-corrected chi connectivity index (χ0v) is 6.89. The fourth-order valence-electron chi connectivity index (χ4n) is 1.37. The quantitative estimate of drug-likeness (QED) is 0.475. The van der Waals surface area contributed by atoms with E-state index in [1.807, 2.05) is 4.90 Å². The number of hydrogen-bond acceptors (Lipinski definition) is 2. The molecular formula is C8H14N2. The Morgan fingerprint density at radius 3 is 2.40 bits per heavy atom.